The summed E-state index contributed by atoms with van der Waals surface area (Å²) in [7, 11) is 0. The van der Waals surface area contributed by atoms with Crippen LogP contribution < -0.4 is 17.2 Å². The quantitative estimate of drug-likeness (QED) is 0.538. The smallest absolute Gasteiger partial charge is 0.325 e. The van der Waals surface area contributed by atoms with Crippen LogP contribution in [0.1, 0.15) is 11.6 Å². The van der Waals surface area contributed by atoms with Gasteiger partial charge in [-0.05, 0) is 5.56 Å². The van der Waals surface area contributed by atoms with Gasteiger partial charge in [-0.3, -0.25) is 4.79 Å². The fourth-order valence-corrected chi connectivity index (χ4v) is 0.803. The monoisotopic (exact) mass is 211 g/mol. The maximum absolute atomic E-state index is 10.4. The highest BCUT2D eigenvalue weighted by atomic mass is 16.4. The summed E-state index contributed by atoms with van der Waals surface area (Å²) < 4.78 is 0. The Morgan fingerprint density at radius 1 is 1.13 bits per heavy atom. The van der Waals surface area contributed by atoms with Crippen LogP contribution >= 0.6 is 0 Å². The van der Waals surface area contributed by atoms with E-state index in [1.807, 2.05) is 6.07 Å². The maximum Gasteiger partial charge on any atom is 0.325 e. The van der Waals surface area contributed by atoms with Gasteiger partial charge >= 0.3 is 12.0 Å². The fourth-order valence-electron chi connectivity index (χ4n) is 0.803. The van der Waals surface area contributed by atoms with Crippen LogP contribution in [0.15, 0.2) is 30.3 Å². The highest BCUT2D eigenvalue weighted by molar-refractivity contribution is 5.75. The number of rotatable bonds is 2. The summed E-state index contributed by atoms with van der Waals surface area (Å²) in [6.45, 7) is 0. The van der Waals surface area contributed by atoms with Gasteiger partial charge in [0.1, 0.15) is 6.04 Å². The third-order valence-electron chi connectivity index (χ3n) is 1.42. The van der Waals surface area contributed by atoms with Crippen LogP contribution in [0.5, 0.6) is 0 Å². The molecule has 1 aromatic rings. The Balaban J connectivity index is 0.000000423. The Labute approximate surface area is 86.7 Å². The second-order valence-corrected chi connectivity index (χ2v) is 2.63. The molecular formula is C9H13N3O3. The summed E-state index contributed by atoms with van der Waals surface area (Å²) in [5.74, 6) is -1.00. The van der Waals surface area contributed by atoms with Crippen molar-refractivity contribution in [1.29, 1.82) is 0 Å². The van der Waals surface area contributed by atoms with Crippen molar-refractivity contribution >= 4 is 12.0 Å². The molecule has 0 spiro atoms. The topological polar surface area (TPSA) is 132 Å². The van der Waals surface area contributed by atoms with E-state index >= 15 is 0 Å². The molecule has 0 saturated heterocycles. The Morgan fingerprint density at radius 3 is 1.87 bits per heavy atom. The van der Waals surface area contributed by atoms with E-state index in [0.29, 0.717) is 5.56 Å². The normalized spacial score (nSPS) is 10.7. The molecule has 15 heavy (non-hydrogen) atoms. The number of hydrogen-bond donors (Lipinski definition) is 4. The highest BCUT2D eigenvalue weighted by Crippen LogP contribution is 2.08. The van der Waals surface area contributed by atoms with Gasteiger partial charge in [-0.25, -0.2) is 4.79 Å². The lowest BCUT2D eigenvalue weighted by Crippen LogP contribution is -2.20. The molecule has 2 amide bonds. The third kappa shape index (κ3) is 6.05. The Bertz CT molecular complexity index is 323. The Hall–Kier alpha value is -2.08. The molecule has 1 atom stereocenters. The van der Waals surface area contributed by atoms with Crippen molar-refractivity contribution in [2.24, 2.45) is 17.2 Å². The van der Waals surface area contributed by atoms with Crippen molar-refractivity contribution < 1.29 is 14.7 Å². The molecule has 0 aliphatic rings. The Morgan fingerprint density at radius 2 is 1.53 bits per heavy atom. The van der Waals surface area contributed by atoms with Gasteiger partial charge in [-0.2, -0.15) is 0 Å². The molecule has 0 heterocycles. The van der Waals surface area contributed by atoms with Crippen molar-refractivity contribution in [3.63, 3.8) is 0 Å². The van der Waals surface area contributed by atoms with Gasteiger partial charge in [0.05, 0.1) is 0 Å². The predicted octanol–water partition coefficient (Wildman–Crippen LogP) is -0.205. The molecule has 1 unspecified atom stereocenters. The first kappa shape index (κ1) is 12.9. The van der Waals surface area contributed by atoms with Crippen LogP contribution in [0, 0.1) is 0 Å². The average molecular weight is 211 g/mol. The molecule has 0 bridgehead atoms. The first-order valence-electron chi connectivity index (χ1n) is 4.03. The molecule has 6 nitrogen and oxygen atoms in total. The number of hydrogen-bond acceptors (Lipinski definition) is 3. The van der Waals surface area contributed by atoms with Gasteiger partial charge in [0.2, 0.25) is 0 Å². The van der Waals surface area contributed by atoms with E-state index in [0.717, 1.165) is 0 Å². The van der Waals surface area contributed by atoms with Crippen molar-refractivity contribution in [2.75, 3.05) is 0 Å². The number of aliphatic carboxylic acids is 1. The minimum atomic E-state index is -1.00. The van der Waals surface area contributed by atoms with Gasteiger partial charge in [0.25, 0.3) is 0 Å². The molecule has 1 aromatic carbocycles. The molecular weight excluding hydrogens is 198 g/mol. The number of carbonyl (C=O) groups is 2. The van der Waals surface area contributed by atoms with Crippen molar-refractivity contribution in [2.45, 2.75) is 6.04 Å². The van der Waals surface area contributed by atoms with Crippen LogP contribution in [0.3, 0.4) is 0 Å². The van der Waals surface area contributed by atoms with Crippen LogP contribution in [0.2, 0.25) is 0 Å². The standard InChI is InChI=1S/C8H9NO2.CH4N2O/c9-7(8(10)11)6-4-2-1-3-5-6;2-1(3)4/h1-5,7H,9H2,(H,10,11);(H4,2,3,4). The van der Waals surface area contributed by atoms with Gasteiger partial charge < -0.3 is 22.3 Å². The van der Waals surface area contributed by atoms with Crippen LogP contribution in [-0.2, 0) is 4.79 Å². The second kappa shape index (κ2) is 6.39. The van der Waals surface area contributed by atoms with Crippen LogP contribution in [0.4, 0.5) is 4.79 Å². The van der Waals surface area contributed by atoms with E-state index in [9.17, 15) is 4.79 Å². The van der Waals surface area contributed by atoms with Crippen molar-refractivity contribution in [1.82, 2.24) is 0 Å². The number of benzene rings is 1. The van der Waals surface area contributed by atoms with E-state index in [2.05, 4.69) is 11.5 Å². The zero-order valence-electron chi connectivity index (χ0n) is 7.96. The molecule has 0 aliphatic heterocycles. The maximum atomic E-state index is 10.4. The molecule has 82 valence electrons. The minimum absolute atomic E-state index is 0.625. The summed E-state index contributed by atoms with van der Waals surface area (Å²) in [4.78, 5) is 19.4. The van der Waals surface area contributed by atoms with E-state index in [1.165, 1.54) is 0 Å². The van der Waals surface area contributed by atoms with E-state index in [-0.39, 0.29) is 0 Å². The number of carboxylic acids is 1. The van der Waals surface area contributed by atoms with Crippen molar-refractivity contribution in [3.05, 3.63) is 35.9 Å². The average Bonchev–Trinajstić information content (AvgIpc) is 2.17. The largest absolute Gasteiger partial charge is 0.480 e. The summed E-state index contributed by atoms with van der Waals surface area (Å²) in [5, 5.41) is 8.51. The van der Waals surface area contributed by atoms with Gasteiger partial charge in [0.15, 0.2) is 0 Å². The molecule has 0 aromatic heterocycles. The molecule has 0 radical (unpaired) electrons. The summed E-state index contributed by atoms with van der Waals surface area (Å²) in [5.41, 5.74) is 14.5. The fraction of sp³-hybridized carbons (Fsp3) is 0.111. The number of urea groups is 1. The number of nitrogens with two attached hydrogens (primary N) is 3. The number of primary amides is 2. The molecule has 1 rings (SSSR count). The van der Waals surface area contributed by atoms with Gasteiger partial charge in [-0.1, -0.05) is 30.3 Å². The van der Waals surface area contributed by atoms with Crippen LogP contribution in [-0.4, -0.2) is 17.1 Å². The highest BCUT2D eigenvalue weighted by Gasteiger charge is 2.12. The molecule has 0 saturated carbocycles. The van der Waals surface area contributed by atoms with Gasteiger partial charge in [0, 0.05) is 0 Å². The van der Waals surface area contributed by atoms with E-state index in [4.69, 9.17) is 15.6 Å². The lowest BCUT2D eigenvalue weighted by atomic mass is 10.1. The van der Waals surface area contributed by atoms with Crippen molar-refractivity contribution in [3.8, 4) is 0 Å². The summed E-state index contributed by atoms with van der Waals surface area (Å²) in [6.07, 6.45) is 0. The number of carbonyl (C=O) groups excluding carboxylic acids is 1. The second-order valence-electron chi connectivity index (χ2n) is 2.63. The lowest BCUT2D eigenvalue weighted by Gasteiger charge is -2.04. The van der Waals surface area contributed by atoms with Crippen LogP contribution in [0.25, 0.3) is 0 Å². The zero-order valence-corrected chi connectivity index (χ0v) is 7.96. The lowest BCUT2D eigenvalue weighted by molar-refractivity contribution is -0.138. The molecule has 0 aliphatic carbocycles. The first-order chi connectivity index (χ1) is 6.95. The molecule has 0 fully saturated rings. The van der Waals surface area contributed by atoms with E-state index in [1.54, 1.807) is 24.3 Å². The SMILES string of the molecule is NC(C(=O)O)c1ccccc1.NC(N)=O. The third-order valence-corrected chi connectivity index (χ3v) is 1.42. The summed E-state index contributed by atoms with van der Waals surface area (Å²) in [6, 6.07) is 6.99. The predicted molar refractivity (Wildman–Crippen MR) is 54.8 cm³/mol. The summed E-state index contributed by atoms with van der Waals surface area (Å²) >= 11 is 0. The zero-order chi connectivity index (χ0) is 11.8. The minimum Gasteiger partial charge on any atom is -0.480 e. The Kier molecular flexibility index (Phi) is 5.50. The number of carboxylic acid groups (broad SMARTS) is 1. The van der Waals surface area contributed by atoms with Gasteiger partial charge in [-0.15, -0.1) is 0 Å². The molecule has 7 N–H and O–H groups in total. The number of amides is 2. The molecule has 6 heteroatoms. The first-order valence-corrected chi connectivity index (χ1v) is 4.03. The van der Waals surface area contributed by atoms with E-state index < -0.39 is 18.0 Å².